The van der Waals surface area contributed by atoms with Crippen molar-refractivity contribution in [2.24, 2.45) is 0 Å². The second kappa shape index (κ2) is 5.53. The van der Waals surface area contributed by atoms with Crippen molar-refractivity contribution in [1.82, 2.24) is 9.62 Å². The molecule has 1 fully saturated rings. The van der Waals surface area contributed by atoms with Gasteiger partial charge < -0.3 is 9.73 Å². The molecule has 6 nitrogen and oxygen atoms in total. The lowest BCUT2D eigenvalue weighted by molar-refractivity contribution is -0.121. The first-order valence-corrected chi connectivity index (χ1v) is 7.46. The Morgan fingerprint density at radius 2 is 2.28 bits per heavy atom. The van der Waals surface area contributed by atoms with Gasteiger partial charge in [0, 0.05) is 6.54 Å². The Kier molecular flexibility index (Phi) is 4.03. The van der Waals surface area contributed by atoms with Gasteiger partial charge in [-0.2, -0.15) is 4.31 Å². The predicted octanol–water partition coefficient (Wildman–Crippen LogP) is 0.321. The highest BCUT2D eigenvalue weighted by atomic mass is 32.2. The van der Waals surface area contributed by atoms with Crippen LogP contribution < -0.4 is 5.32 Å². The van der Waals surface area contributed by atoms with Crippen LogP contribution in [0.15, 0.2) is 22.8 Å². The summed E-state index contributed by atoms with van der Waals surface area (Å²) >= 11 is 0. The van der Waals surface area contributed by atoms with E-state index in [4.69, 9.17) is 4.42 Å². The number of nitrogens with one attached hydrogen (secondary N) is 1. The molecule has 1 saturated heterocycles. The van der Waals surface area contributed by atoms with Crippen LogP contribution in [0.25, 0.3) is 0 Å². The summed E-state index contributed by atoms with van der Waals surface area (Å²) in [6, 6.07) is 3.48. The van der Waals surface area contributed by atoms with Crippen LogP contribution >= 0.6 is 0 Å². The molecule has 0 bridgehead atoms. The molecule has 0 aromatic carbocycles. The van der Waals surface area contributed by atoms with Crippen LogP contribution in [0, 0.1) is 0 Å². The summed E-state index contributed by atoms with van der Waals surface area (Å²) in [6.07, 6.45) is 3.01. The van der Waals surface area contributed by atoms with Gasteiger partial charge in [0.1, 0.15) is 5.76 Å². The minimum Gasteiger partial charge on any atom is -0.467 e. The maximum Gasteiger partial charge on any atom is 0.235 e. The fourth-order valence-corrected chi connectivity index (χ4v) is 3.38. The van der Waals surface area contributed by atoms with Crippen LogP contribution in [0.3, 0.4) is 0 Å². The predicted molar refractivity (Wildman–Crippen MR) is 65.1 cm³/mol. The van der Waals surface area contributed by atoms with Gasteiger partial charge in [-0.1, -0.05) is 0 Å². The zero-order valence-corrected chi connectivity index (χ0v) is 10.8. The summed E-state index contributed by atoms with van der Waals surface area (Å²) in [5, 5.41) is 2.63. The molecule has 1 aliphatic heterocycles. The van der Waals surface area contributed by atoms with Crippen LogP contribution in [0.1, 0.15) is 18.6 Å². The highest BCUT2D eigenvalue weighted by molar-refractivity contribution is 7.89. The number of carbonyl (C=O) groups is 1. The minimum absolute atomic E-state index is 0.108. The van der Waals surface area contributed by atoms with Gasteiger partial charge in [0.15, 0.2) is 0 Å². The fourth-order valence-electron chi connectivity index (χ4n) is 1.83. The van der Waals surface area contributed by atoms with E-state index in [1.54, 1.807) is 12.1 Å². The smallest absolute Gasteiger partial charge is 0.235 e. The lowest BCUT2D eigenvalue weighted by Crippen LogP contribution is -2.44. The molecule has 7 heteroatoms. The Bertz CT molecular complexity index is 495. The van der Waals surface area contributed by atoms with Crippen molar-refractivity contribution in [3.63, 3.8) is 0 Å². The number of hydrogen-bond donors (Lipinski definition) is 1. The first-order chi connectivity index (χ1) is 8.58. The van der Waals surface area contributed by atoms with Crippen LogP contribution in [0.5, 0.6) is 0 Å². The normalized spacial score (nSPS) is 19.6. The van der Waals surface area contributed by atoms with E-state index in [0.29, 0.717) is 18.7 Å². The number of hydrogen-bond acceptors (Lipinski definition) is 4. The van der Waals surface area contributed by atoms with E-state index in [9.17, 15) is 13.2 Å². The number of sulfonamides is 1. The zero-order valence-electron chi connectivity index (χ0n) is 9.96. The van der Waals surface area contributed by atoms with Gasteiger partial charge in [0.25, 0.3) is 0 Å². The molecule has 1 amide bonds. The molecule has 0 saturated carbocycles. The Morgan fingerprint density at radius 1 is 1.44 bits per heavy atom. The fraction of sp³-hybridized carbons (Fsp3) is 0.545. The third-order valence-electron chi connectivity index (χ3n) is 2.81. The quantitative estimate of drug-likeness (QED) is 0.856. The first-order valence-electron chi connectivity index (χ1n) is 5.85. The van der Waals surface area contributed by atoms with E-state index in [1.807, 2.05) is 0 Å². The molecule has 1 aromatic heterocycles. The number of rotatable bonds is 4. The van der Waals surface area contributed by atoms with E-state index in [1.165, 1.54) is 10.6 Å². The van der Waals surface area contributed by atoms with Crippen molar-refractivity contribution in [2.75, 3.05) is 18.8 Å². The Balaban J connectivity index is 1.83. The molecule has 0 unspecified atom stereocenters. The maximum absolute atomic E-state index is 11.7. The second-order valence-corrected chi connectivity index (χ2v) is 6.30. The summed E-state index contributed by atoms with van der Waals surface area (Å²) in [5.41, 5.74) is 0. The number of nitrogens with zero attached hydrogens (tertiary/aromatic N) is 1. The maximum atomic E-state index is 11.7. The highest BCUT2D eigenvalue weighted by Crippen LogP contribution is 2.12. The van der Waals surface area contributed by atoms with E-state index >= 15 is 0 Å². The van der Waals surface area contributed by atoms with Crippen LogP contribution in [-0.4, -0.2) is 37.5 Å². The molecule has 1 aliphatic rings. The zero-order chi connectivity index (χ0) is 13.0. The van der Waals surface area contributed by atoms with E-state index in [2.05, 4.69) is 5.32 Å². The van der Waals surface area contributed by atoms with Crippen LogP contribution in [-0.2, 0) is 21.4 Å². The van der Waals surface area contributed by atoms with Crippen molar-refractivity contribution in [2.45, 2.75) is 19.4 Å². The Labute approximate surface area is 106 Å². The van der Waals surface area contributed by atoms with Crippen molar-refractivity contribution >= 4 is 15.9 Å². The molecule has 2 heterocycles. The third-order valence-corrected chi connectivity index (χ3v) is 4.72. The summed E-state index contributed by atoms with van der Waals surface area (Å²) in [4.78, 5) is 11.6. The molecular formula is C11H16N2O4S. The van der Waals surface area contributed by atoms with Crippen LogP contribution in [0.2, 0.25) is 0 Å². The standard InChI is InChI=1S/C11H16N2O4S/c14-11(12-8-10-4-3-6-17-10)9-13-5-1-2-7-18(13,15)16/h3-4,6H,1-2,5,7-9H2,(H,12,14). The molecule has 1 aromatic rings. The van der Waals surface area contributed by atoms with E-state index in [0.717, 1.165) is 6.42 Å². The summed E-state index contributed by atoms with van der Waals surface area (Å²) in [7, 11) is -3.24. The average Bonchev–Trinajstić information content (AvgIpc) is 2.82. The SMILES string of the molecule is O=C(CN1CCCCS1(=O)=O)NCc1ccco1. The van der Waals surface area contributed by atoms with Crippen molar-refractivity contribution in [1.29, 1.82) is 0 Å². The molecule has 18 heavy (non-hydrogen) atoms. The first kappa shape index (κ1) is 13.1. The van der Waals surface area contributed by atoms with E-state index < -0.39 is 10.0 Å². The van der Waals surface area contributed by atoms with Gasteiger partial charge in [0.05, 0.1) is 25.1 Å². The Morgan fingerprint density at radius 3 is 2.94 bits per heavy atom. The number of amides is 1. The van der Waals surface area contributed by atoms with Crippen molar-refractivity contribution in [3.05, 3.63) is 24.2 Å². The molecule has 0 spiro atoms. The molecule has 0 atom stereocenters. The molecule has 0 radical (unpaired) electrons. The summed E-state index contributed by atoms with van der Waals surface area (Å²) < 4.78 is 29.7. The molecule has 1 N–H and O–H groups in total. The Hall–Kier alpha value is -1.34. The van der Waals surface area contributed by atoms with E-state index in [-0.39, 0.29) is 24.7 Å². The topological polar surface area (TPSA) is 79.6 Å². The number of furan rings is 1. The lowest BCUT2D eigenvalue weighted by atomic mass is 10.3. The molecular weight excluding hydrogens is 256 g/mol. The van der Waals surface area contributed by atoms with Crippen molar-refractivity contribution in [3.8, 4) is 0 Å². The number of carbonyl (C=O) groups excluding carboxylic acids is 1. The molecule has 0 aliphatic carbocycles. The van der Waals surface area contributed by atoms with Crippen molar-refractivity contribution < 1.29 is 17.6 Å². The van der Waals surface area contributed by atoms with Gasteiger partial charge in [-0.25, -0.2) is 8.42 Å². The lowest BCUT2D eigenvalue weighted by Gasteiger charge is -2.25. The average molecular weight is 272 g/mol. The second-order valence-electron chi connectivity index (χ2n) is 4.21. The van der Waals surface area contributed by atoms with Gasteiger partial charge >= 0.3 is 0 Å². The summed E-state index contributed by atoms with van der Waals surface area (Å²) in [5.74, 6) is 0.472. The largest absolute Gasteiger partial charge is 0.467 e. The highest BCUT2D eigenvalue weighted by Gasteiger charge is 2.27. The monoisotopic (exact) mass is 272 g/mol. The van der Waals surface area contributed by atoms with Gasteiger partial charge in [-0.3, -0.25) is 4.79 Å². The van der Waals surface area contributed by atoms with Gasteiger partial charge in [-0.05, 0) is 25.0 Å². The third kappa shape index (κ3) is 3.33. The van der Waals surface area contributed by atoms with Gasteiger partial charge in [0.2, 0.25) is 15.9 Å². The molecule has 100 valence electrons. The van der Waals surface area contributed by atoms with Gasteiger partial charge in [-0.15, -0.1) is 0 Å². The summed E-state index contributed by atoms with van der Waals surface area (Å²) in [6.45, 7) is 0.596. The van der Waals surface area contributed by atoms with Crippen LogP contribution in [0.4, 0.5) is 0 Å². The minimum atomic E-state index is -3.24. The molecule has 2 rings (SSSR count).